The Balaban J connectivity index is 1.71. The van der Waals surface area contributed by atoms with E-state index in [1.165, 1.54) is 40.8 Å². The van der Waals surface area contributed by atoms with Crippen molar-refractivity contribution in [3.8, 4) is 0 Å². The summed E-state index contributed by atoms with van der Waals surface area (Å²) in [6.07, 6.45) is 6.63. The van der Waals surface area contributed by atoms with Crippen LogP contribution >= 0.6 is 23.3 Å². The van der Waals surface area contributed by atoms with Gasteiger partial charge in [0.05, 0.1) is 16.2 Å². The van der Waals surface area contributed by atoms with Crippen LogP contribution in [0.2, 0.25) is 0 Å². The van der Waals surface area contributed by atoms with Gasteiger partial charge >= 0.3 is 0 Å². The number of hydrogen-bond donors (Lipinski definition) is 1. The Morgan fingerprint density at radius 2 is 2.24 bits per heavy atom. The highest BCUT2D eigenvalue weighted by molar-refractivity contribution is 7.99. The van der Waals surface area contributed by atoms with Gasteiger partial charge in [-0.1, -0.05) is 17.8 Å². The molecule has 2 N–H and O–H groups in total. The van der Waals surface area contributed by atoms with E-state index in [1.54, 1.807) is 0 Å². The van der Waals surface area contributed by atoms with Gasteiger partial charge in [0.1, 0.15) is 0 Å². The summed E-state index contributed by atoms with van der Waals surface area (Å²) in [6, 6.07) is 0.0851. The van der Waals surface area contributed by atoms with Crippen molar-refractivity contribution in [1.82, 2.24) is 9.59 Å². The predicted molar refractivity (Wildman–Crippen MR) is 88.8 cm³/mol. The first kappa shape index (κ1) is 15.7. The van der Waals surface area contributed by atoms with Crippen LogP contribution in [0, 0.1) is 5.92 Å². The number of hydrogen-bond acceptors (Lipinski definition) is 6. The standard InChI is InChI=1S/C15H25N3OS2/c1-2-3-12-14(21-18-17-12)13(16)11-4-7-19-15(10-11)5-8-20-9-6-15/h11,13H,2-10,16H2,1H3. The van der Waals surface area contributed by atoms with Gasteiger partial charge in [0, 0.05) is 12.6 Å². The molecule has 0 saturated carbocycles. The van der Waals surface area contributed by atoms with Crippen LogP contribution < -0.4 is 5.73 Å². The zero-order valence-electron chi connectivity index (χ0n) is 12.7. The average molecular weight is 328 g/mol. The van der Waals surface area contributed by atoms with Gasteiger partial charge in [-0.2, -0.15) is 11.8 Å². The summed E-state index contributed by atoms with van der Waals surface area (Å²) in [5, 5.41) is 4.28. The molecule has 6 heteroatoms. The Hall–Kier alpha value is -0.170. The number of rotatable bonds is 4. The highest BCUT2D eigenvalue weighted by Gasteiger charge is 2.41. The van der Waals surface area contributed by atoms with Crippen molar-refractivity contribution in [3.05, 3.63) is 10.6 Å². The predicted octanol–water partition coefficient (Wildman–Crippen LogP) is 3.18. The molecule has 2 unspecified atom stereocenters. The van der Waals surface area contributed by atoms with E-state index in [0.29, 0.717) is 5.92 Å². The molecule has 0 aliphatic carbocycles. The molecule has 0 amide bonds. The van der Waals surface area contributed by atoms with Crippen LogP contribution in [0.3, 0.4) is 0 Å². The van der Waals surface area contributed by atoms with Crippen LogP contribution in [0.1, 0.15) is 55.6 Å². The molecular weight excluding hydrogens is 302 g/mol. The van der Waals surface area contributed by atoms with Gasteiger partial charge in [-0.3, -0.25) is 0 Å². The van der Waals surface area contributed by atoms with Gasteiger partial charge in [0.15, 0.2) is 0 Å². The first-order chi connectivity index (χ1) is 10.2. The molecular formula is C15H25N3OS2. The minimum atomic E-state index is 0.0851. The fraction of sp³-hybridized carbons (Fsp3) is 0.867. The average Bonchev–Trinajstić information content (AvgIpc) is 2.96. The van der Waals surface area contributed by atoms with Crippen molar-refractivity contribution < 1.29 is 4.74 Å². The maximum Gasteiger partial charge on any atom is 0.0803 e. The van der Waals surface area contributed by atoms with Gasteiger partial charge in [0.25, 0.3) is 0 Å². The first-order valence-corrected chi connectivity index (χ1v) is 9.95. The van der Waals surface area contributed by atoms with Crippen molar-refractivity contribution >= 4 is 23.3 Å². The molecule has 2 atom stereocenters. The lowest BCUT2D eigenvalue weighted by atomic mass is 9.78. The number of nitrogens with zero attached hydrogens (tertiary/aromatic N) is 2. The molecule has 2 aliphatic heterocycles. The lowest BCUT2D eigenvalue weighted by molar-refractivity contribution is -0.105. The molecule has 3 heterocycles. The fourth-order valence-corrected chi connectivity index (χ4v) is 5.58. The summed E-state index contributed by atoms with van der Waals surface area (Å²) in [7, 11) is 0. The smallest absolute Gasteiger partial charge is 0.0803 e. The van der Waals surface area contributed by atoms with E-state index in [9.17, 15) is 0 Å². The van der Waals surface area contributed by atoms with Gasteiger partial charge in [-0.25, -0.2) is 0 Å². The topological polar surface area (TPSA) is 61.0 Å². The number of aromatic nitrogens is 2. The van der Waals surface area contributed by atoms with Crippen molar-refractivity contribution in [1.29, 1.82) is 0 Å². The summed E-state index contributed by atoms with van der Waals surface area (Å²) in [6.45, 7) is 3.04. The monoisotopic (exact) mass is 327 g/mol. The zero-order valence-corrected chi connectivity index (χ0v) is 14.3. The van der Waals surface area contributed by atoms with Gasteiger partial charge in [-0.05, 0) is 61.1 Å². The normalized spacial score (nSPS) is 26.9. The van der Waals surface area contributed by atoms with Crippen molar-refractivity contribution in [3.63, 3.8) is 0 Å². The molecule has 21 heavy (non-hydrogen) atoms. The summed E-state index contributed by atoms with van der Waals surface area (Å²) >= 11 is 3.55. The van der Waals surface area contributed by atoms with Crippen molar-refractivity contribution in [2.24, 2.45) is 11.7 Å². The maximum atomic E-state index is 6.60. The van der Waals surface area contributed by atoms with Crippen LogP contribution in [-0.2, 0) is 11.2 Å². The van der Waals surface area contributed by atoms with Crippen LogP contribution in [0.15, 0.2) is 0 Å². The second-order valence-electron chi connectivity index (χ2n) is 6.26. The molecule has 118 valence electrons. The molecule has 2 aliphatic rings. The van der Waals surface area contributed by atoms with Crippen LogP contribution in [0.25, 0.3) is 0 Å². The van der Waals surface area contributed by atoms with Gasteiger partial charge in [-0.15, -0.1) is 5.10 Å². The molecule has 0 aromatic carbocycles. The third kappa shape index (κ3) is 3.44. The highest BCUT2D eigenvalue weighted by Crippen LogP contribution is 2.43. The van der Waals surface area contributed by atoms with Crippen LogP contribution in [0.4, 0.5) is 0 Å². The lowest BCUT2D eigenvalue weighted by Gasteiger charge is -2.44. The van der Waals surface area contributed by atoms with Crippen LogP contribution in [0.5, 0.6) is 0 Å². The molecule has 2 saturated heterocycles. The molecule has 1 spiro atoms. The Bertz CT molecular complexity index is 454. The van der Waals surface area contributed by atoms with Gasteiger partial charge in [0.2, 0.25) is 0 Å². The Kier molecular flexibility index (Phi) is 5.19. The lowest BCUT2D eigenvalue weighted by Crippen LogP contribution is -2.45. The SMILES string of the molecule is CCCc1nnsc1C(N)C1CCOC2(CCSCC2)C1. The number of aryl methyl sites for hydroxylation is 1. The first-order valence-electron chi connectivity index (χ1n) is 8.02. The summed E-state index contributed by atoms with van der Waals surface area (Å²) in [5.74, 6) is 2.97. The van der Waals surface area contributed by atoms with E-state index in [0.717, 1.165) is 38.0 Å². The third-order valence-corrected chi connectivity index (χ3v) is 6.67. The minimum absolute atomic E-state index is 0.0851. The summed E-state index contributed by atoms with van der Waals surface area (Å²) in [4.78, 5) is 1.21. The van der Waals surface area contributed by atoms with Crippen molar-refractivity contribution in [2.45, 2.75) is 57.1 Å². The van der Waals surface area contributed by atoms with E-state index in [4.69, 9.17) is 10.5 Å². The number of nitrogens with two attached hydrogens (primary N) is 1. The molecule has 4 nitrogen and oxygen atoms in total. The molecule has 0 bridgehead atoms. The molecule has 1 aromatic heterocycles. The Morgan fingerprint density at radius 1 is 1.43 bits per heavy atom. The molecule has 3 rings (SSSR count). The summed E-state index contributed by atoms with van der Waals surface area (Å²) < 4.78 is 10.3. The number of ether oxygens (including phenoxy) is 1. The molecule has 1 aromatic rings. The van der Waals surface area contributed by atoms with E-state index in [-0.39, 0.29) is 11.6 Å². The fourth-order valence-electron chi connectivity index (χ4n) is 3.56. The van der Waals surface area contributed by atoms with Crippen molar-refractivity contribution in [2.75, 3.05) is 18.1 Å². The minimum Gasteiger partial charge on any atom is -0.375 e. The van der Waals surface area contributed by atoms with E-state index in [1.807, 2.05) is 11.8 Å². The quantitative estimate of drug-likeness (QED) is 0.920. The van der Waals surface area contributed by atoms with E-state index >= 15 is 0 Å². The third-order valence-electron chi connectivity index (χ3n) is 4.82. The zero-order chi connectivity index (χ0) is 14.7. The number of thioether (sulfide) groups is 1. The second-order valence-corrected chi connectivity index (χ2v) is 8.27. The second kappa shape index (κ2) is 6.94. The van der Waals surface area contributed by atoms with Gasteiger partial charge < -0.3 is 10.5 Å². The van der Waals surface area contributed by atoms with E-state index < -0.39 is 0 Å². The highest BCUT2D eigenvalue weighted by atomic mass is 32.2. The molecule has 2 fully saturated rings. The molecule has 0 radical (unpaired) electrons. The van der Waals surface area contributed by atoms with Crippen LogP contribution in [-0.4, -0.2) is 33.3 Å². The largest absolute Gasteiger partial charge is 0.375 e. The Morgan fingerprint density at radius 3 is 3.00 bits per heavy atom. The maximum absolute atomic E-state index is 6.60. The van der Waals surface area contributed by atoms with E-state index in [2.05, 4.69) is 16.5 Å². The Labute approximate surface area is 135 Å². The summed E-state index contributed by atoms with van der Waals surface area (Å²) in [5.41, 5.74) is 7.83.